The Morgan fingerprint density at radius 1 is 0.920 bits per heavy atom. The molecule has 0 heterocycles. The Bertz CT molecular complexity index is 742. The molecule has 0 N–H and O–H groups in total. The number of hydrogen-bond donors (Lipinski definition) is 0. The molecule has 0 fully saturated rings. The molecule has 2 aromatic carbocycles. The fraction of sp³-hybridized carbons (Fsp3) is 0.368. The van der Waals surface area contributed by atoms with Crippen LogP contribution >= 0.6 is 0 Å². The van der Waals surface area contributed by atoms with Crippen molar-refractivity contribution in [2.75, 3.05) is 0 Å². The van der Waals surface area contributed by atoms with Crippen molar-refractivity contribution in [1.29, 1.82) is 0 Å². The number of rotatable bonds is 9. The maximum absolute atomic E-state index is 11.0. The molecule has 25 heavy (non-hydrogen) atoms. The van der Waals surface area contributed by atoms with Crippen molar-refractivity contribution in [3.63, 3.8) is 0 Å². The van der Waals surface area contributed by atoms with E-state index in [2.05, 4.69) is 6.92 Å². The Morgan fingerprint density at radius 2 is 1.60 bits per heavy atom. The van der Waals surface area contributed by atoms with Gasteiger partial charge in [0.25, 0.3) is 0 Å². The van der Waals surface area contributed by atoms with E-state index in [9.17, 15) is 13.0 Å². The van der Waals surface area contributed by atoms with Crippen LogP contribution < -0.4 is 56.1 Å². The molecule has 2 rings (SSSR count). The van der Waals surface area contributed by atoms with Crippen LogP contribution in [0, 0.1) is 0 Å². The number of ether oxygens (including phenoxy) is 1. The van der Waals surface area contributed by atoms with Gasteiger partial charge < -0.3 is 9.29 Å². The summed E-state index contributed by atoms with van der Waals surface area (Å²) in [6.45, 7) is 2.21. The molecule has 0 aliphatic carbocycles. The van der Waals surface area contributed by atoms with E-state index < -0.39 is 10.1 Å². The average Bonchev–Trinajstić information content (AvgIpc) is 2.56. The van der Waals surface area contributed by atoms with Crippen molar-refractivity contribution in [3.8, 4) is 11.5 Å². The first kappa shape index (κ1) is 22.8. The number of benzene rings is 2. The van der Waals surface area contributed by atoms with Crippen LogP contribution in [0.5, 0.6) is 11.5 Å². The van der Waals surface area contributed by atoms with E-state index in [1.165, 1.54) is 55.9 Å². The average molecular weight is 387 g/mol. The molecule has 0 spiro atoms. The fourth-order valence-corrected chi connectivity index (χ4v) is 2.99. The van der Waals surface area contributed by atoms with Crippen LogP contribution in [0.1, 0.15) is 44.6 Å². The van der Waals surface area contributed by atoms with Crippen LogP contribution in [0.2, 0.25) is 0 Å². The molecule has 0 unspecified atom stereocenters. The minimum absolute atomic E-state index is 0. The zero-order chi connectivity index (χ0) is 17.4. The van der Waals surface area contributed by atoms with Gasteiger partial charge in [-0.25, -0.2) is 8.42 Å². The van der Waals surface area contributed by atoms with E-state index in [-0.39, 0.29) is 56.3 Å². The van der Waals surface area contributed by atoms with Crippen LogP contribution in [0.25, 0.3) is 0 Å². The van der Waals surface area contributed by atoms with Gasteiger partial charge in [0.2, 0.25) is 0 Å². The molecule has 0 radical (unpaired) electrons. The van der Waals surface area contributed by atoms with Gasteiger partial charge in [-0.3, -0.25) is 0 Å². The zero-order valence-electron chi connectivity index (χ0n) is 14.9. The Balaban J connectivity index is 0.00000312. The van der Waals surface area contributed by atoms with Crippen molar-refractivity contribution >= 4 is 10.1 Å². The second-order valence-corrected chi connectivity index (χ2v) is 7.22. The van der Waals surface area contributed by atoms with Crippen molar-refractivity contribution in [2.24, 2.45) is 0 Å². The van der Waals surface area contributed by atoms with Crippen LogP contribution in [0.3, 0.4) is 0 Å². The number of aryl methyl sites for hydroxylation is 1. The zero-order valence-corrected chi connectivity index (χ0v) is 18.8. The van der Waals surface area contributed by atoms with E-state index in [1.54, 1.807) is 6.07 Å². The first-order valence-electron chi connectivity index (χ1n) is 8.32. The third kappa shape index (κ3) is 8.34. The molecule has 130 valence electrons. The van der Waals surface area contributed by atoms with Crippen molar-refractivity contribution in [2.45, 2.75) is 50.3 Å². The summed E-state index contributed by atoms with van der Waals surface area (Å²) in [6.07, 6.45) is 7.32. The molecular weight excluding hydrogens is 363 g/mol. The van der Waals surface area contributed by atoms with Crippen molar-refractivity contribution in [3.05, 3.63) is 54.1 Å². The maximum atomic E-state index is 11.0. The smallest absolute Gasteiger partial charge is 0.744 e. The predicted molar refractivity (Wildman–Crippen MR) is 93.4 cm³/mol. The summed E-state index contributed by atoms with van der Waals surface area (Å²) in [5.74, 6) is 0.949. The molecule has 6 heteroatoms. The van der Waals surface area contributed by atoms with E-state index >= 15 is 0 Å². The molecule has 0 aliphatic rings. The minimum atomic E-state index is -4.47. The molecule has 0 amide bonds. The van der Waals surface area contributed by atoms with Crippen molar-refractivity contribution in [1.82, 2.24) is 0 Å². The molecule has 2 aromatic rings. The van der Waals surface area contributed by atoms with Gasteiger partial charge in [0.1, 0.15) is 21.6 Å². The SMILES string of the molecule is CCCCCCCc1ccc(Oc2cccc(S(=O)(=O)[O-])c2)cc1.[K+]. The maximum Gasteiger partial charge on any atom is 1.00 e. The predicted octanol–water partition coefficient (Wildman–Crippen LogP) is 1.90. The van der Waals surface area contributed by atoms with E-state index in [4.69, 9.17) is 4.74 Å². The number of hydrogen-bond acceptors (Lipinski definition) is 4. The molecule has 4 nitrogen and oxygen atoms in total. The van der Waals surface area contributed by atoms with Crippen LogP contribution in [-0.4, -0.2) is 13.0 Å². The van der Waals surface area contributed by atoms with Crippen LogP contribution in [0.15, 0.2) is 53.4 Å². The van der Waals surface area contributed by atoms with Crippen molar-refractivity contribution < 1.29 is 69.1 Å². The second-order valence-electron chi connectivity index (χ2n) is 5.84. The van der Waals surface area contributed by atoms with Crippen LogP contribution in [-0.2, 0) is 16.5 Å². The first-order valence-corrected chi connectivity index (χ1v) is 9.72. The minimum Gasteiger partial charge on any atom is -0.744 e. The summed E-state index contributed by atoms with van der Waals surface area (Å²) < 4.78 is 38.7. The van der Waals surface area contributed by atoms with Gasteiger partial charge in [-0.05, 0) is 48.7 Å². The summed E-state index contributed by atoms with van der Waals surface area (Å²) in [6, 6.07) is 13.4. The summed E-state index contributed by atoms with van der Waals surface area (Å²) in [5, 5.41) is 0. The van der Waals surface area contributed by atoms with E-state index in [0.29, 0.717) is 11.5 Å². The molecule has 0 saturated heterocycles. The molecular formula is C19H23KO4S. The number of unbranched alkanes of at least 4 members (excludes halogenated alkanes) is 4. The Labute approximate surface area is 193 Å². The standard InChI is InChI=1S/C19H24O4S.K/c1-2-3-4-5-6-8-16-11-13-17(14-12-16)23-18-9-7-10-19(15-18)24(20,21)22;/h7,9-15H,2-6,8H2,1H3,(H,20,21,22);/q;+1/p-1. The van der Waals surface area contributed by atoms with Gasteiger partial charge in [-0.1, -0.05) is 50.8 Å². The Morgan fingerprint density at radius 3 is 2.24 bits per heavy atom. The molecule has 0 aliphatic heterocycles. The van der Waals surface area contributed by atoms with Gasteiger partial charge in [-0.15, -0.1) is 0 Å². The van der Waals surface area contributed by atoms with Gasteiger partial charge in [0, 0.05) is 0 Å². The van der Waals surface area contributed by atoms with Gasteiger partial charge in [-0.2, -0.15) is 0 Å². The monoisotopic (exact) mass is 386 g/mol. The normalized spacial score (nSPS) is 11.0. The Hall–Kier alpha value is -0.214. The quantitative estimate of drug-likeness (QED) is 0.375. The first-order chi connectivity index (χ1) is 11.5. The summed E-state index contributed by atoms with van der Waals surface area (Å²) in [7, 11) is -4.47. The van der Waals surface area contributed by atoms with Gasteiger partial charge >= 0.3 is 51.4 Å². The van der Waals surface area contributed by atoms with E-state index in [1.807, 2.05) is 24.3 Å². The summed E-state index contributed by atoms with van der Waals surface area (Å²) in [5.41, 5.74) is 1.26. The van der Waals surface area contributed by atoms with Crippen LogP contribution in [0.4, 0.5) is 0 Å². The molecule has 0 saturated carbocycles. The van der Waals surface area contributed by atoms with Gasteiger partial charge in [0.15, 0.2) is 0 Å². The second kappa shape index (κ2) is 11.5. The van der Waals surface area contributed by atoms with E-state index in [0.717, 1.165) is 6.42 Å². The summed E-state index contributed by atoms with van der Waals surface area (Å²) >= 11 is 0. The largest absolute Gasteiger partial charge is 1.00 e. The molecule has 0 atom stereocenters. The third-order valence-corrected chi connectivity index (χ3v) is 4.65. The van der Waals surface area contributed by atoms with Gasteiger partial charge in [0.05, 0.1) is 4.90 Å². The molecule has 0 bridgehead atoms. The summed E-state index contributed by atoms with van der Waals surface area (Å²) in [4.78, 5) is -0.288. The fourth-order valence-electron chi connectivity index (χ4n) is 2.49. The topological polar surface area (TPSA) is 66.4 Å². The third-order valence-electron chi connectivity index (χ3n) is 3.82. The Kier molecular flexibility index (Phi) is 10.5. The molecule has 0 aromatic heterocycles.